The number of benzene rings is 2. The van der Waals surface area contributed by atoms with E-state index < -0.39 is 35.6 Å². The van der Waals surface area contributed by atoms with Crippen LogP contribution in [0.25, 0.3) is 0 Å². The Balaban J connectivity index is 1.54. The molecule has 1 spiro atoms. The molecular weight excluding hydrogens is 482 g/mol. The van der Waals surface area contributed by atoms with E-state index in [1.165, 1.54) is 0 Å². The highest BCUT2D eigenvalue weighted by molar-refractivity contribution is 6.05. The van der Waals surface area contributed by atoms with Crippen molar-refractivity contribution < 1.29 is 24.2 Å². The minimum atomic E-state index is -1.12. The maximum Gasteiger partial charge on any atom is 0.250 e. The van der Waals surface area contributed by atoms with Crippen molar-refractivity contribution in [1.82, 2.24) is 4.90 Å². The molecule has 3 amide bonds. The van der Waals surface area contributed by atoms with Crippen molar-refractivity contribution in [2.45, 2.75) is 70.7 Å². The predicted octanol–water partition coefficient (Wildman–Crippen LogP) is 3.66. The number of aliphatic hydroxyl groups is 1. The molecule has 0 saturated carbocycles. The van der Waals surface area contributed by atoms with Crippen LogP contribution >= 0.6 is 0 Å². The van der Waals surface area contributed by atoms with Gasteiger partial charge in [0.05, 0.1) is 30.6 Å². The molecule has 3 aliphatic rings. The van der Waals surface area contributed by atoms with E-state index in [4.69, 9.17) is 4.74 Å². The molecule has 38 heavy (non-hydrogen) atoms. The molecule has 3 saturated heterocycles. The zero-order valence-corrected chi connectivity index (χ0v) is 22.4. The van der Waals surface area contributed by atoms with Gasteiger partial charge in [0.2, 0.25) is 17.7 Å². The van der Waals surface area contributed by atoms with Gasteiger partial charge in [-0.05, 0) is 61.9 Å². The second kappa shape index (κ2) is 10.2. The van der Waals surface area contributed by atoms with Crippen LogP contribution in [0.15, 0.2) is 48.5 Å². The van der Waals surface area contributed by atoms with Crippen molar-refractivity contribution >= 4 is 29.1 Å². The number of hydrogen-bond acceptors (Lipinski definition) is 5. The molecule has 7 atom stereocenters. The van der Waals surface area contributed by atoms with Crippen LogP contribution in [0, 0.1) is 31.6 Å². The lowest BCUT2D eigenvalue weighted by atomic mass is 9.70. The smallest absolute Gasteiger partial charge is 0.250 e. The lowest BCUT2D eigenvalue weighted by Gasteiger charge is -2.38. The molecule has 2 bridgehead atoms. The molecule has 8 nitrogen and oxygen atoms in total. The first-order valence-corrected chi connectivity index (χ1v) is 13.6. The summed E-state index contributed by atoms with van der Waals surface area (Å²) in [7, 11) is 0. The fraction of sp³-hybridized carbons (Fsp3) is 0.500. The normalized spacial score (nSPS) is 29.2. The molecule has 0 aromatic heterocycles. The Morgan fingerprint density at radius 1 is 1.13 bits per heavy atom. The Bertz CT molecular complexity index is 1230. The number of aliphatic hydroxyl groups excluding tert-OH is 1. The molecule has 2 aromatic rings. The van der Waals surface area contributed by atoms with Crippen molar-refractivity contribution in [2.75, 3.05) is 17.2 Å². The third-order valence-electron chi connectivity index (χ3n) is 8.83. The monoisotopic (exact) mass is 519 g/mol. The molecule has 3 aliphatic heterocycles. The molecule has 5 rings (SSSR count). The molecule has 3 N–H and O–H groups in total. The highest BCUT2D eigenvalue weighted by Gasteiger charge is 2.75. The number of ether oxygens (including phenoxy) is 1. The number of para-hydroxylation sites is 1. The number of fused-ring (bicyclic) bond motifs is 1. The van der Waals surface area contributed by atoms with Crippen molar-refractivity contribution in [1.29, 1.82) is 0 Å². The minimum absolute atomic E-state index is 0.0519. The molecule has 202 valence electrons. The van der Waals surface area contributed by atoms with Gasteiger partial charge in [-0.2, -0.15) is 0 Å². The Kier molecular flexibility index (Phi) is 7.05. The molecule has 0 aliphatic carbocycles. The second-order valence-electron chi connectivity index (χ2n) is 11.1. The van der Waals surface area contributed by atoms with Gasteiger partial charge in [-0.1, -0.05) is 50.6 Å². The van der Waals surface area contributed by atoms with Gasteiger partial charge < -0.3 is 25.4 Å². The van der Waals surface area contributed by atoms with Crippen LogP contribution in [-0.2, 0) is 19.1 Å². The van der Waals surface area contributed by atoms with Crippen molar-refractivity contribution in [3.8, 4) is 0 Å². The van der Waals surface area contributed by atoms with E-state index in [9.17, 15) is 19.5 Å². The largest absolute Gasteiger partial charge is 0.394 e. The number of likely N-dealkylation sites (tertiary alicyclic amines) is 1. The number of hydrogen-bond donors (Lipinski definition) is 3. The number of nitrogens with one attached hydrogen (secondary N) is 2. The Morgan fingerprint density at radius 3 is 2.55 bits per heavy atom. The maximum atomic E-state index is 14.2. The minimum Gasteiger partial charge on any atom is -0.394 e. The van der Waals surface area contributed by atoms with Crippen LogP contribution < -0.4 is 10.6 Å². The molecule has 3 fully saturated rings. The lowest BCUT2D eigenvalue weighted by molar-refractivity contribution is -0.144. The number of nitrogens with zero attached hydrogens (tertiary/aromatic N) is 1. The zero-order chi connectivity index (χ0) is 27.2. The molecular formula is C30H37N3O5. The third-order valence-corrected chi connectivity index (χ3v) is 8.83. The van der Waals surface area contributed by atoms with Gasteiger partial charge in [-0.25, -0.2) is 0 Å². The van der Waals surface area contributed by atoms with Crippen LogP contribution in [0.3, 0.4) is 0 Å². The zero-order valence-electron chi connectivity index (χ0n) is 22.4. The first-order chi connectivity index (χ1) is 18.2. The fourth-order valence-electron chi connectivity index (χ4n) is 6.68. The number of rotatable bonds is 8. The molecule has 2 aromatic carbocycles. The predicted molar refractivity (Wildman–Crippen MR) is 144 cm³/mol. The van der Waals surface area contributed by atoms with E-state index in [0.717, 1.165) is 17.5 Å². The lowest BCUT2D eigenvalue weighted by Crippen LogP contribution is -2.57. The quantitative estimate of drug-likeness (QED) is 0.493. The van der Waals surface area contributed by atoms with E-state index in [1.54, 1.807) is 17.0 Å². The Labute approximate surface area is 223 Å². The van der Waals surface area contributed by atoms with Gasteiger partial charge in [0.25, 0.3) is 0 Å². The van der Waals surface area contributed by atoms with Gasteiger partial charge in [0.15, 0.2) is 0 Å². The van der Waals surface area contributed by atoms with Crippen molar-refractivity contribution in [3.63, 3.8) is 0 Å². The first kappa shape index (κ1) is 26.4. The van der Waals surface area contributed by atoms with Gasteiger partial charge >= 0.3 is 0 Å². The van der Waals surface area contributed by atoms with Crippen LogP contribution in [0.1, 0.15) is 44.2 Å². The average Bonchev–Trinajstić information content (AvgIpc) is 3.55. The van der Waals surface area contributed by atoms with Crippen LogP contribution in [-0.4, -0.2) is 58.1 Å². The van der Waals surface area contributed by atoms with Gasteiger partial charge in [0, 0.05) is 11.4 Å². The highest BCUT2D eigenvalue weighted by atomic mass is 16.5. The highest BCUT2D eigenvalue weighted by Crippen LogP contribution is 2.59. The Hall–Kier alpha value is -3.23. The van der Waals surface area contributed by atoms with Crippen LogP contribution in [0.2, 0.25) is 0 Å². The first-order valence-electron chi connectivity index (χ1n) is 13.6. The number of amides is 3. The van der Waals surface area contributed by atoms with Gasteiger partial charge in [0.1, 0.15) is 11.6 Å². The van der Waals surface area contributed by atoms with Gasteiger partial charge in [-0.3, -0.25) is 14.4 Å². The topological polar surface area (TPSA) is 108 Å². The summed E-state index contributed by atoms with van der Waals surface area (Å²) < 4.78 is 6.52. The summed E-state index contributed by atoms with van der Waals surface area (Å²) in [5, 5.41) is 16.4. The standard InChI is InChI=1S/C30H37N3O5/c1-5-18(3)22(16-34)33-26(28(36)32-21-15-17(2)11-12-19(21)4)30-14-13-23(38-30)24(25(30)29(33)37)27(35)31-20-9-7-6-8-10-20/h6-12,15,18,22-26,34H,5,13-14,16H2,1-4H3,(H,31,35)(H,32,36)/t18-,22-,23+,24-,25-,26?,30?/m0/s1. The molecule has 3 heterocycles. The summed E-state index contributed by atoms with van der Waals surface area (Å²) in [4.78, 5) is 43.4. The fourth-order valence-corrected chi connectivity index (χ4v) is 6.68. The summed E-state index contributed by atoms with van der Waals surface area (Å²) in [5.41, 5.74) is 2.12. The Morgan fingerprint density at radius 2 is 1.87 bits per heavy atom. The summed E-state index contributed by atoms with van der Waals surface area (Å²) >= 11 is 0. The molecule has 2 unspecified atom stereocenters. The summed E-state index contributed by atoms with van der Waals surface area (Å²) in [6, 6.07) is 13.5. The van der Waals surface area contributed by atoms with E-state index in [0.29, 0.717) is 24.2 Å². The number of carbonyl (C=O) groups excluding carboxylic acids is 3. The van der Waals surface area contributed by atoms with Crippen LogP contribution in [0.4, 0.5) is 11.4 Å². The summed E-state index contributed by atoms with van der Waals surface area (Å²) in [6.07, 6.45) is 1.37. The molecule has 0 radical (unpaired) electrons. The summed E-state index contributed by atoms with van der Waals surface area (Å²) in [6.45, 7) is 7.57. The number of carbonyl (C=O) groups is 3. The maximum absolute atomic E-state index is 14.2. The van der Waals surface area contributed by atoms with Crippen molar-refractivity contribution in [3.05, 3.63) is 59.7 Å². The van der Waals surface area contributed by atoms with E-state index in [-0.39, 0.29) is 30.2 Å². The van der Waals surface area contributed by atoms with E-state index >= 15 is 0 Å². The SMILES string of the molecule is CC[C@H](C)[C@H](CO)N1C(=O)[C@@H]2[C@@H](C(=O)Nc3ccccc3)[C@H]3CCC2(O3)C1C(=O)Nc1cc(C)ccc1C. The summed E-state index contributed by atoms with van der Waals surface area (Å²) in [5.74, 6) is -2.47. The van der Waals surface area contributed by atoms with E-state index in [1.807, 2.05) is 64.1 Å². The molecule has 8 heteroatoms. The number of aryl methyl sites for hydroxylation is 2. The van der Waals surface area contributed by atoms with Crippen LogP contribution in [0.5, 0.6) is 0 Å². The second-order valence-corrected chi connectivity index (χ2v) is 11.1. The average molecular weight is 520 g/mol. The van der Waals surface area contributed by atoms with Crippen molar-refractivity contribution in [2.24, 2.45) is 17.8 Å². The van der Waals surface area contributed by atoms with E-state index in [2.05, 4.69) is 10.6 Å². The number of anilines is 2. The van der Waals surface area contributed by atoms with Gasteiger partial charge in [-0.15, -0.1) is 0 Å². The third kappa shape index (κ3) is 4.20.